The van der Waals surface area contributed by atoms with E-state index in [1.165, 1.54) is 0 Å². The Hall–Kier alpha value is -3.05. The molecule has 2 aromatic carbocycles. The normalized spacial score (nSPS) is 13.0. The first-order chi connectivity index (χ1) is 13.5. The Labute approximate surface area is 165 Å². The van der Waals surface area contributed by atoms with Crippen LogP contribution in [0.3, 0.4) is 0 Å². The quantitative estimate of drug-likeness (QED) is 0.632. The van der Waals surface area contributed by atoms with E-state index < -0.39 is 0 Å². The minimum Gasteiger partial charge on any atom is -0.489 e. The van der Waals surface area contributed by atoms with Crippen molar-refractivity contribution in [3.63, 3.8) is 0 Å². The number of ether oxygens (including phenoxy) is 1. The number of carbonyl (C=O) groups is 1. The number of amides is 1. The van der Waals surface area contributed by atoms with E-state index in [1.54, 1.807) is 0 Å². The van der Waals surface area contributed by atoms with Gasteiger partial charge in [-0.2, -0.15) is 0 Å². The van der Waals surface area contributed by atoms with Crippen molar-refractivity contribution in [2.45, 2.75) is 33.0 Å². The van der Waals surface area contributed by atoms with Gasteiger partial charge >= 0.3 is 0 Å². The highest BCUT2D eigenvalue weighted by molar-refractivity contribution is 5.93. The van der Waals surface area contributed by atoms with Crippen molar-refractivity contribution in [1.82, 2.24) is 0 Å². The molecule has 5 nitrogen and oxygen atoms in total. The van der Waals surface area contributed by atoms with Gasteiger partial charge in [0.05, 0.1) is 7.05 Å². The summed E-state index contributed by atoms with van der Waals surface area (Å²) in [7, 11) is 1.99. The molecule has 0 aliphatic heterocycles. The fraction of sp³-hybridized carbons (Fsp3) is 0.261. The van der Waals surface area contributed by atoms with Crippen LogP contribution < -0.4 is 15.0 Å². The van der Waals surface area contributed by atoms with Gasteiger partial charge in [0.2, 0.25) is 0 Å². The number of aryl methyl sites for hydroxylation is 1. The third-order valence-corrected chi connectivity index (χ3v) is 4.75. The molecule has 3 aromatic rings. The summed E-state index contributed by atoms with van der Waals surface area (Å²) < 4.78 is 11.4. The maximum Gasteiger partial charge on any atom is 0.282 e. The Morgan fingerprint density at radius 2 is 1.79 bits per heavy atom. The molecule has 0 spiro atoms. The molecule has 1 unspecified atom stereocenters. The predicted molar refractivity (Wildman–Crippen MR) is 109 cm³/mol. The molecule has 0 radical (unpaired) electrons. The maximum absolute atomic E-state index is 12.6. The zero-order chi connectivity index (χ0) is 19.9. The first kappa shape index (κ1) is 19.7. The van der Waals surface area contributed by atoms with Crippen LogP contribution >= 0.6 is 0 Å². The van der Waals surface area contributed by atoms with Gasteiger partial charge in [0, 0.05) is 5.69 Å². The number of quaternary nitrogens is 1. The number of likely N-dealkylation sites (N-methyl/N-ethyl adjacent to an activating group) is 1. The molecule has 1 aromatic heterocycles. The predicted octanol–water partition coefficient (Wildman–Crippen LogP) is 3.21. The Morgan fingerprint density at radius 1 is 1.07 bits per heavy atom. The Kier molecular flexibility index (Phi) is 6.50. The van der Waals surface area contributed by atoms with Crippen LogP contribution in [0.25, 0.3) is 0 Å². The summed E-state index contributed by atoms with van der Waals surface area (Å²) in [5, 5.41) is 2.97. The average molecular weight is 379 g/mol. The number of carbonyl (C=O) groups excluding carboxylic acids is 1. The van der Waals surface area contributed by atoms with Gasteiger partial charge < -0.3 is 19.4 Å². The van der Waals surface area contributed by atoms with Gasteiger partial charge in [-0.3, -0.25) is 4.79 Å². The number of rotatable bonds is 8. The van der Waals surface area contributed by atoms with Crippen molar-refractivity contribution in [2.24, 2.45) is 0 Å². The molecule has 2 N–H and O–H groups in total. The van der Waals surface area contributed by atoms with Crippen LogP contribution in [0, 0.1) is 6.92 Å². The van der Waals surface area contributed by atoms with E-state index in [1.807, 2.05) is 87.6 Å². The number of anilines is 1. The van der Waals surface area contributed by atoms with Crippen molar-refractivity contribution in [1.29, 1.82) is 0 Å². The molecule has 3 rings (SSSR count). The molecule has 0 aliphatic rings. The van der Waals surface area contributed by atoms with E-state index in [0.29, 0.717) is 13.2 Å². The smallest absolute Gasteiger partial charge is 0.282 e. The fourth-order valence-corrected chi connectivity index (χ4v) is 2.86. The lowest BCUT2D eigenvalue weighted by atomic mass is 10.2. The molecule has 0 bridgehead atoms. The van der Waals surface area contributed by atoms with Gasteiger partial charge in [0.1, 0.15) is 24.7 Å². The molecule has 2 atom stereocenters. The topological polar surface area (TPSA) is 55.9 Å². The summed E-state index contributed by atoms with van der Waals surface area (Å²) in [6.45, 7) is 5.01. The van der Waals surface area contributed by atoms with E-state index in [-0.39, 0.29) is 11.9 Å². The lowest BCUT2D eigenvalue weighted by Gasteiger charge is -2.20. The Morgan fingerprint density at radius 3 is 2.43 bits per heavy atom. The van der Waals surface area contributed by atoms with Crippen molar-refractivity contribution in [2.75, 3.05) is 12.4 Å². The standard InChI is InChI=1S/C23H26N2O3/c1-17-9-12-22(28-17)15-25(3)18(2)23(26)24-20-10-13-21(14-11-20)27-16-19-7-5-4-6-8-19/h4-14,18H,15-16H2,1-3H3,(H,24,26)/p+1/t18-/m0/s1. The average Bonchev–Trinajstić information content (AvgIpc) is 3.12. The molecule has 1 amide bonds. The van der Waals surface area contributed by atoms with Gasteiger partial charge in [-0.05, 0) is 55.8 Å². The van der Waals surface area contributed by atoms with Crippen LogP contribution in [-0.2, 0) is 17.9 Å². The van der Waals surface area contributed by atoms with Gasteiger partial charge in [0.15, 0.2) is 11.8 Å². The van der Waals surface area contributed by atoms with Crippen LogP contribution in [-0.4, -0.2) is 19.0 Å². The van der Waals surface area contributed by atoms with Gasteiger partial charge in [-0.15, -0.1) is 0 Å². The second-order valence-electron chi connectivity index (χ2n) is 7.05. The minimum atomic E-state index is -0.209. The fourth-order valence-electron chi connectivity index (χ4n) is 2.86. The van der Waals surface area contributed by atoms with E-state index >= 15 is 0 Å². The summed E-state index contributed by atoms with van der Waals surface area (Å²) in [5.74, 6) is 2.51. The largest absolute Gasteiger partial charge is 0.489 e. The van der Waals surface area contributed by atoms with Crippen LogP contribution in [0.1, 0.15) is 24.0 Å². The highest BCUT2D eigenvalue weighted by Gasteiger charge is 2.23. The van der Waals surface area contributed by atoms with E-state index in [2.05, 4.69) is 5.32 Å². The zero-order valence-electron chi connectivity index (χ0n) is 16.6. The first-order valence-electron chi connectivity index (χ1n) is 9.46. The monoisotopic (exact) mass is 379 g/mol. The molecular formula is C23H27N2O3+. The SMILES string of the molecule is Cc1ccc(C[NH+](C)[C@@H](C)C(=O)Nc2ccc(OCc3ccccc3)cc2)o1. The summed E-state index contributed by atoms with van der Waals surface area (Å²) in [6, 6.07) is 21.2. The molecule has 0 aliphatic carbocycles. The highest BCUT2D eigenvalue weighted by Crippen LogP contribution is 2.17. The molecule has 0 saturated carbocycles. The third kappa shape index (κ3) is 5.47. The maximum atomic E-state index is 12.6. The number of furan rings is 1. The van der Waals surface area contributed by atoms with Gasteiger partial charge in [-0.1, -0.05) is 30.3 Å². The summed E-state index contributed by atoms with van der Waals surface area (Å²) >= 11 is 0. The molecule has 146 valence electrons. The van der Waals surface area contributed by atoms with Crippen LogP contribution in [0.4, 0.5) is 5.69 Å². The van der Waals surface area contributed by atoms with Gasteiger partial charge in [0.25, 0.3) is 5.91 Å². The summed E-state index contributed by atoms with van der Waals surface area (Å²) in [6.07, 6.45) is 0. The summed E-state index contributed by atoms with van der Waals surface area (Å²) in [5.41, 5.74) is 1.87. The van der Waals surface area contributed by atoms with E-state index in [9.17, 15) is 4.79 Å². The van der Waals surface area contributed by atoms with Gasteiger partial charge in [-0.25, -0.2) is 0 Å². The second-order valence-corrected chi connectivity index (χ2v) is 7.05. The molecule has 0 saturated heterocycles. The molecular weight excluding hydrogens is 352 g/mol. The number of hydrogen-bond donors (Lipinski definition) is 2. The van der Waals surface area contributed by atoms with Crippen LogP contribution in [0.5, 0.6) is 5.75 Å². The summed E-state index contributed by atoms with van der Waals surface area (Å²) in [4.78, 5) is 13.6. The minimum absolute atomic E-state index is 0.0290. The van der Waals surface area contributed by atoms with Crippen molar-refractivity contribution in [3.8, 4) is 5.75 Å². The highest BCUT2D eigenvalue weighted by atomic mass is 16.5. The number of benzene rings is 2. The molecule has 5 heteroatoms. The lowest BCUT2D eigenvalue weighted by molar-refractivity contribution is -0.908. The third-order valence-electron chi connectivity index (χ3n) is 4.75. The molecule has 0 fully saturated rings. The first-order valence-corrected chi connectivity index (χ1v) is 9.46. The number of hydrogen-bond acceptors (Lipinski definition) is 3. The van der Waals surface area contributed by atoms with Crippen molar-refractivity contribution < 1.29 is 18.8 Å². The zero-order valence-corrected chi connectivity index (χ0v) is 16.6. The van der Waals surface area contributed by atoms with Crippen LogP contribution in [0.2, 0.25) is 0 Å². The number of nitrogens with one attached hydrogen (secondary N) is 2. The molecule has 1 heterocycles. The lowest BCUT2D eigenvalue weighted by Crippen LogP contribution is -3.12. The second kappa shape index (κ2) is 9.24. The Balaban J connectivity index is 1.50. The van der Waals surface area contributed by atoms with Crippen LogP contribution in [0.15, 0.2) is 71.1 Å². The molecule has 28 heavy (non-hydrogen) atoms. The Bertz CT molecular complexity index is 888. The van der Waals surface area contributed by atoms with Crippen molar-refractivity contribution >= 4 is 11.6 Å². The van der Waals surface area contributed by atoms with Crippen molar-refractivity contribution in [3.05, 3.63) is 83.8 Å². The van der Waals surface area contributed by atoms with E-state index in [4.69, 9.17) is 9.15 Å². The van der Waals surface area contributed by atoms with E-state index in [0.717, 1.165) is 33.4 Å².